The van der Waals surface area contributed by atoms with Crippen LogP contribution in [0.4, 0.5) is 5.69 Å². The van der Waals surface area contributed by atoms with E-state index in [4.69, 9.17) is 0 Å². The SMILES string of the molecule is C[C@H](CC(=O)Nc1ccc(C(=O)N(C)C)cc1)c1ccccc1. The molecule has 2 rings (SSSR count). The van der Waals surface area contributed by atoms with E-state index < -0.39 is 0 Å². The third kappa shape index (κ3) is 4.68. The number of nitrogens with one attached hydrogen (secondary N) is 1. The van der Waals surface area contributed by atoms with Crippen LogP contribution >= 0.6 is 0 Å². The summed E-state index contributed by atoms with van der Waals surface area (Å²) in [7, 11) is 3.42. The van der Waals surface area contributed by atoms with Crippen molar-refractivity contribution in [2.75, 3.05) is 19.4 Å². The first-order chi connectivity index (χ1) is 11.0. The summed E-state index contributed by atoms with van der Waals surface area (Å²) in [4.78, 5) is 25.5. The Labute approximate surface area is 137 Å². The van der Waals surface area contributed by atoms with Gasteiger partial charge in [-0.15, -0.1) is 0 Å². The maximum absolute atomic E-state index is 12.1. The van der Waals surface area contributed by atoms with Crippen LogP contribution in [-0.4, -0.2) is 30.8 Å². The highest BCUT2D eigenvalue weighted by Gasteiger charge is 2.12. The Morgan fingerprint density at radius 2 is 1.61 bits per heavy atom. The fraction of sp³-hybridized carbons (Fsp3) is 0.263. The van der Waals surface area contributed by atoms with E-state index in [0.29, 0.717) is 17.7 Å². The number of carbonyl (C=O) groups is 2. The molecule has 0 bridgehead atoms. The Bertz CT molecular complexity index is 664. The lowest BCUT2D eigenvalue weighted by Gasteiger charge is -2.13. The Kier molecular flexibility index (Phi) is 5.52. The van der Waals surface area contributed by atoms with Gasteiger partial charge in [-0.25, -0.2) is 0 Å². The number of amides is 2. The van der Waals surface area contributed by atoms with Crippen molar-refractivity contribution in [1.82, 2.24) is 4.90 Å². The van der Waals surface area contributed by atoms with Gasteiger partial charge in [0, 0.05) is 31.8 Å². The van der Waals surface area contributed by atoms with Gasteiger partial charge in [0.15, 0.2) is 0 Å². The second kappa shape index (κ2) is 7.58. The summed E-state index contributed by atoms with van der Waals surface area (Å²) in [5.74, 6) is 0.0689. The van der Waals surface area contributed by atoms with Crippen LogP contribution < -0.4 is 5.32 Å². The van der Waals surface area contributed by atoms with Crippen LogP contribution in [0.15, 0.2) is 54.6 Å². The molecule has 0 saturated heterocycles. The van der Waals surface area contributed by atoms with Gasteiger partial charge in [0.2, 0.25) is 5.91 Å². The summed E-state index contributed by atoms with van der Waals surface area (Å²) in [6, 6.07) is 16.9. The van der Waals surface area contributed by atoms with Gasteiger partial charge in [-0.2, -0.15) is 0 Å². The summed E-state index contributed by atoms with van der Waals surface area (Å²) in [5, 5.41) is 2.87. The largest absolute Gasteiger partial charge is 0.345 e. The summed E-state index contributed by atoms with van der Waals surface area (Å²) in [6.45, 7) is 2.04. The van der Waals surface area contributed by atoms with E-state index in [1.54, 1.807) is 38.4 Å². The van der Waals surface area contributed by atoms with Gasteiger partial charge < -0.3 is 10.2 Å². The molecule has 0 heterocycles. The fourth-order valence-corrected chi connectivity index (χ4v) is 2.34. The van der Waals surface area contributed by atoms with Crippen LogP contribution in [0.1, 0.15) is 35.2 Å². The maximum Gasteiger partial charge on any atom is 0.253 e. The van der Waals surface area contributed by atoms with Crippen molar-refractivity contribution in [3.8, 4) is 0 Å². The van der Waals surface area contributed by atoms with E-state index in [2.05, 4.69) is 5.32 Å². The molecule has 0 unspecified atom stereocenters. The second-order valence-corrected chi connectivity index (χ2v) is 5.84. The zero-order chi connectivity index (χ0) is 16.8. The third-order valence-corrected chi connectivity index (χ3v) is 3.68. The summed E-state index contributed by atoms with van der Waals surface area (Å²) in [6.07, 6.45) is 0.419. The van der Waals surface area contributed by atoms with E-state index >= 15 is 0 Å². The van der Waals surface area contributed by atoms with Crippen LogP contribution in [0.5, 0.6) is 0 Å². The smallest absolute Gasteiger partial charge is 0.253 e. The lowest BCUT2D eigenvalue weighted by Crippen LogP contribution is -2.21. The van der Waals surface area contributed by atoms with Crippen LogP contribution in [0.25, 0.3) is 0 Å². The number of rotatable bonds is 5. The molecular weight excluding hydrogens is 288 g/mol. The van der Waals surface area contributed by atoms with Crippen LogP contribution in [0.3, 0.4) is 0 Å². The van der Waals surface area contributed by atoms with Gasteiger partial charge in [0.1, 0.15) is 0 Å². The molecule has 4 heteroatoms. The molecule has 23 heavy (non-hydrogen) atoms. The predicted molar refractivity (Wildman–Crippen MR) is 92.6 cm³/mol. The normalized spacial score (nSPS) is 11.6. The Morgan fingerprint density at radius 3 is 2.17 bits per heavy atom. The molecule has 0 saturated carbocycles. The number of nitrogens with zero attached hydrogens (tertiary/aromatic N) is 1. The minimum absolute atomic E-state index is 0.0342. The first-order valence-corrected chi connectivity index (χ1v) is 7.64. The zero-order valence-corrected chi connectivity index (χ0v) is 13.7. The highest BCUT2D eigenvalue weighted by Crippen LogP contribution is 2.19. The van der Waals surface area contributed by atoms with E-state index in [-0.39, 0.29) is 17.7 Å². The average Bonchev–Trinajstić information content (AvgIpc) is 2.55. The van der Waals surface area contributed by atoms with Gasteiger partial charge >= 0.3 is 0 Å². The summed E-state index contributed by atoms with van der Waals surface area (Å²) >= 11 is 0. The van der Waals surface area contributed by atoms with Crippen LogP contribution in [0.2, 0.25) is 0 Å². The van der Waals surface area contributed by atoms with Crippen molar-refractivity contribution in [2.24, 2.45) is 0 Å². The van der Waals surface area contributed by atoms with E-state index in [1.807, 2.05) is 37.3 Å². The molecule has 0 aliphatic carbocycles. The van der Waals surface area contributed by atoms with Gasteiger partial charge in [-0.1, -0.05) is 37.3 Å². The molecule has 1 N–H and O–H groups in total. The van der Waals surface area contributed by atoms with E-state index in [9.17, 15) is 9.59 Å². The number of benzene rings is 2. The summed E-state index contributed by atoms with van der Waals surface area (Å²) in [5.41, 5.74) is 2.45. The standard InChI is InChI=1S/C19H22N2O2/c1-14(15-7-5-4-6-8-15)13-18(22)20-17-11-9-16(10-12-17)19(23)21(2)3/h4-12,14H,13H2,1-3H3,(H,20,22)/t14-/m1/s1. The van der Waals surface area contributed by atoms with Gasteiger partial charge in [-0.05, 0) is 35.7 Å². The minimum Gasteiger partial charge on any atom is -0.345 e. The molecule has 0 aliphatic rings. The molecule has 2 aromatic carbocycles. The summed E-state index contributed by atoms with van der Waals surface area (Å²) < 4.78 is 0. The molecule has 0 aliphatic heterocycles. The third-order valence-electron chi connectivity index (χ3n) is 3.68. The molecule has 0 spiro atoms. The molecule has 0 fully saturated rings. The van der Waals surface area contributed by atoms with E-state index in [0.717, 1.165) is 5.56 Å². The van der Waals surface area contributed by atoms with Crippen LogP contribution in [-0.2, 0) is 4.79 Å². The van der Waals surface area contributed by atoms with Crippen molar-refractivity contribution < 1.29 is 9.59 Å². The Morgan fingerprint density at radius 1 is 1.00 bits per heavy atom. The highest BCUT2D eigenvalue weighted by atomic mass is 16.2. The van der Waals surface area contributed by atoms with Crippen molar-refractivity contribution in [1.29, 1.82) is 0 Å². The first kappa shape index (κ1) is 16.7. The quantitative estimate of drug-likeness (QED) is 0.918. The highest BCUT2D eigenvalue weighted by molar-refractivity contribution is 5.95. The molecule has 1 atom stereocenters. The Balaban J connectivity index is 1.94. The van der Waals surface area contributed by atoms with Crippen molar-refractivity contribution in [3.63, 3.8) is 0 Å². The number of anilines is 1. The fourth-order valence-electron chi connectivity index (χ4n) is 2.34. The zero-order valence-electron chi connectivity index (χ0n) is 13.7. The number of carbonyl (C=O) groups excluding carboxylic acids is 2. The molecule has 0 radical (unpaired) electrons. The van der Waals surface area contributed by atoms with Gasteiger partial charge in [0.05, 0.1) is 0 Å². The molecule has 2 aromatic rings. The number of hydrogen-bond acceptors (Lipinski definition) is 2. The van der Waals surface area contributed by atoms with Gasteiger partial charge in [-0.3, -0.25) is 9.59 Å². The minimum atomic E-state index is -0.0550. The predicted octanol–water partition coefficient (Wildman–Crippen LogP) is 3.52. The van der Waals surface area contributed by atoms with Crippen molar-refractivity contribution >= 4 is 17.5 Å². The molecule has 0 aromatic heterocycles. The van der Waals surface area contributed by atoms with Crippen molar-refractivity contribution in [2.45, 2.75) is 19.3 Å². The lowest BCUT2D eigenvalue weighted by atomic mass is 9.97. The Hall–Kier alpha value is -2.62. The van der Waals surface area contributed by atoms with E-state index in [1.165, 1.54) is 4.90 Å². The monoisotopic (exact) mass is 310 g/mol. The average molecular weight is 310 g/mol. The molecule has 2 amide bonds. The first-order valence-electron chi connectivity index (χ1n) is 7.64. The van der Waals surface area contributed by atoms with Gasteiger partial charge in [0.25, 0.3) is 5.91 Å². The topological polar surface area (TPSA) is 49.4 Å². The molecular formula is C19H22N2O2. The number of hydrogen-bond donors (Lipinski definition) is 1. The maximum atomic E-state index is 12.1. The second-order valence-electron chi connectivity index (χ2n) is 5.84. The van der Waals surface area contributed by atoms with Crippen molar-refractivity contribution in [3.05, 3.63) is 65.7 Å². The molecule has 120 valence electrons. The lowest BCUT2D eigenvalue weighted by molar-refractivity contribution is -0.116. The molecule has 4 nitrogen and oxygen atoms in total. The van der Waals surface area contributed by atoms with Crippen LogP contribution in [0, 0.1) is 0 Å².